The number of amides is 1. The van der Waals surface area contributed by atoms with Crippen molar-refractivity contribution in [1.82, 2.24) is 29.0 Å². The van der Waals surface area contributed by atoms with Gasteiger partial charge in [0, 0.05) is 49.1 Å². The predicted molar refractivity (Wildman–Crippen MR) is 198 cm³/mol. The number of pyridine rings is 1. The van der Waals surface area contributed by atoms with Gasteiger partial charge in [-0.25, -0.2) is 19.2 Å². The number of halogens is 2. The highest BCUT2D eigenvalue weighted by molar-refractivity contribution is 6.35. The van der Waals surface area contributed by atoms with Crippen molar-refractivity contribution in [2.75, 3.05) is 24.6 Å². The Morgan fingerprint density at radius 1 is 1.08 bits per heavy atom. The molecule has 0 aliphatic carbocycles. The zero-order valence-corrected chi connectivity index (χ0v) is 30.6. The number of aryl methyl sites for hydroxylation is 2. The normalized spacial score (nSPS) is 17.5. The summed E-state index contributed by atoms with van der Waals surface area (Å²) in [5.41, 5.74) is 3.27. The summed E-state index contributed by atoms with van der Waals surface area (Å²) in [5, 5.41) is 0.475. The SMILES string of the molecule is C=CC(=O)N1CC2CCOc3c(c4cc(Cl)c(-c5c(C)ccc6[nH]c(=O)n(C)c56)c(F)c4n(-c4c(C(C)C)ncnc4C(C)C)c3=O)N2CC1C. The van der Waals surface area contributed by atoms with E-state index in [1.54, 1.807) is 30.1 Å². The van der Waals surface area contributed by atoms with Crippen LogP contribution in [0.3, 0.4) is 0 Å². The van der Waals surface area contributed by atoms with E-state index in [0.29, 0.717) is 69.8 Å². The second-order valence-electron chi connectivity index (χ2n) is 14.2. The molecule has 5 aromatic rings. The fraction of sp³-hybridized carbons (Fsp3) is 0.395. The van der Waals surface area contributed by atoms with E-state index in [9.17, 15) is 9.59 Å². The maximum Gasteiger partial charge on any atom is 0.326 e. The highest BCUT2D eigenvalue weighted by Gasteiger charge is 2.40. The average Bonchev–Trinajstić information content (AvgIpc) is 3.25. The van der Waals surface area contributed by atoms with E-state index in [1.165, 1.54) is 21.5 Å². The molecule has 0 bridgehead atoms. The minimum Gasteiger partial charge on any atom is -0.486 e. The second kappa shape index (κ2) is 12.7. The summed E-state index contributed by atoms with van der Waals surface area (Å²) >= 11 is 7.17. The number of hydrogen-bond donors (Lipinski definition) is 1. The molecule has 1 amide bonds. The van der Waals surface area contributed by atoms with Crippen molar-refractivity contribution in [1.29, 1.82) is 0 Å². The molecule has 2 atom stereocenters. The maximum absolute atomic E-state index is 18.1. The first-order valence-corrected chi connectivity index (χ1v) is 17.6. The van der Waals surface area contributed by atoms with E-state index in [2.05, 4.69) is 26.4 Å². The summed E-state index contributed by atoms with van der Waals surface area (Å²) in [4.78, 5) is 56.7. The Morgan fingerprint density at radius 2 is 1.76 bits per heavy atom. The van der Waals surface area contributed by atoms with Crippen LogP contribution in [0, 0.1) is 12.7 Å². The van der Waals surface area contributed by atoms with Crippen LogP contribution in [-0.4, -0.2) is 66.7 Å². The third-order valence-electron chi connectivity index (χ3n) is 10.3. The molecule has 1 N–H and O–H groups in total. The van der Waals surface area contributed by atoms with Gasteiger partial charge in [-0.05, 0) is 49.5 Å². The molecule has 0 spiro atoms. The molecule has 51 heavy (non-hydrogen) atoms. The van der Waals surface area contributed by atoms with Crippen molar-refractivity contribution >= 4 is 45.1 Å². The van der Waals surface area contributed by atoms with Crippen LogP contribution >= 0.6 is 11.6 Å². The highest BCUT2D eigenvalue weighted by Crippen LogP contribution is 2.47. The minimum atomic E-state index is -0.732. The minimum absolute atomic E-state index is 0.00445. The van der Waals surface area contributed by atoms with Crippen LogP contribution in [0.2, 0.25) is 5.02 Å². The summed E-state index contributed by atoms with van der Waals surface area (Å²) in [5.74, 6) is -1.14. The van der Waals surface area contributed by atoms with Crippen LogP contribution in [0.4, 0.5) is 10.1 Å². The van der Waals surface area contributed by atoms with E-state index in [4.69, 9.17) is 16.3 Å². The first kappa shape index (κ1) is 34.5. The molecule has 2 aromatic carbocycles. The van der Waals surface area contributed by atoms with Gasteiger partial charge in [0.15, 0.2) is 5.82 Å². The number of aromatic amines is 1. The monoisotopic (exact) mass is 713 g/mol. The Bertz CT molecular complexity index is 2370. The zero-order valence-electron chi connectivity index (χ0n) is 29.8. The number of ether oxygens (including phenoxy) is 1. The third kappa shape index (κ3) is 5.25. The molecule has 1 saturated heterocycles. The number of imidazole rings is 1. The lowest BCUT2D eigenvalue weighted by atomic mass is 9.94. The van der Waals surface area contributed by atoms with Crippen LogP contribution in [-0.2, 0) is 11.8 Å². The largest absolute Gasteiger partial charge is 0.486 e. The Labute approximate surface area is 299 Å². The molecular formula is C38H41ClFN7O4. The predicted octanol–water partition coefficient (Wildman–Crippen LogP) is 6.35. The quantitative estimate of drug-likeness (QED) is 0.211. The Morgan fingerprint density at radius 3 is 2.41 bits per heavy atom. The highest BCUT2D eigenvalue weighted by atomic mass is 35.5. The van der Waals surface area contributed by atoms with Gasteiger partial charge in [0.1, 0.15) is 6.33 Å². The Balaban J connectivity index is 1.66. The average molecular weight is 714 g/mol. The van der Waals surface area contributed by atoms with Crippen LogP contribution in [0.5, 0.6) is 5.75 Å². The Hall–Kier alpha value is -4.97. The number of nitrogens with one attached hydrogen (secondary N) is 1. The van der Waals surface area contributed by atoms with Crippen molar-refractivity contribution in [2.24, 2.45) is 7.05 Å². The molecular weight excluding hydrogens is 673 g/mol. The lowest BCUT2D eigenvalue weighted by Crippen LogP contribution is -2.59. The molecule has 11 nitrogen and oxygen atoms in total. The lowest BCUT2D eigenvalue weighted by Gasteiger charge is -2.45. The fourth-order valence-corrected chi connectivity index (χ4v) is 8.10. The van der Waals surface area contributed by atoms with Crippen LogP contribution in [0.25, 0.3) is 38.8 Å². The molecule has 2 unspecified atom stereocenters. The molecule has 2 aliphatic heterocycles. The number of benzene rings is 2. The number of carbonyl (C=O) groups is 1. The van der Waals surface area contributed by atoms with Gasteiger partial charge in [-0.2, -0.15) is 0 Å². The van der Waals surface area contributed by atoms with Crippen molar-refractivity contribution < 1.29 is 13.9 Å². The fourth-order valence-electron chi connectivity index (χ4n) is 7.81. The van der Waals surface area contributed by atoms with Gasteiger partial charge in [-0.3, -0.25) is 18.7 Å². The van der Waals surface area contributed by atoms with E-state index >= 15 is 9.18 Å². The molecule has 3 aromatic heterocycles. The molecule has 266 valence electrons. The van der Waals surface area contributed by atoms with Crippen molar-refractivity contribution in [2.45, 2.75) is 71.9 Å². The van der Waals surface area contributed by atoms with Gasteiger partial charge < -0.3 is 19.5 Å². The number of anilines is 1. The van der Waals surface area contributed by atoms with Gasteiger partial charge in [0.2, 0.25) is 11.7 Å². The first-order chi connectivity index (χ1) is 24.3. The molecule has 13 heteroatoms. The number of carbonyl (C=O) groups excluding carboxylic acids is 1. The summed E-state index contributed by atoms with van der Waals surface area (Å²) in [7, 11) is 1.62. The Kier molecular flexibility index (Phi) is 8.56. The van der Waals surface area contributed by atoms with Gasteiger partial charge in [0.25, 0.3) is 5.56 Å². The smallest absolute Gasteiger partial charge is 0.326 e. The molecule has 0 saturated carbocycles. The van der Waals surface area contributed by atoms with E-state index in [0.717, 1.165) is 0 Å². The van der Waals surface area contributed by atoms with Crippen LogP contribution < -0.4 is 20.9 Å². The topological polar surface area (TPSA) is 118 Å². The van der Waals surface area contributed by atoms with Crippen molar-refractivity contribution in [3.63, 3.8) is 0 Å². The van der Waals surface area contributed by atoms with E-state index in [1.807, 2.05) is 41.5 Å². The molecule has 0 radical (unpaired) electrons. The van der Waals surface area contributed by atoms with Crippen LogP contribution in [0.1, 0.15) is 69.8 Å². The number of piperazine rings is 1. The summed E-state index contributed by atoms with van der Waals surface area (Å²) in [6, 6.07) is 4.80. The second-order valence-corrected chi connectivity index (χ2v) is 14.6. The number of fused-ring (bicyclic) bond motifs is 6. The zero-order chi connectivity index (χ0) is 36.6. The van der Waals surface area contributed by atoms with Gasteiger partial charge in [-0.15, -0.1) is 0 Å². The maximum atomic E-state index is 18.1. The summed E-state index contributed by atoms with van der Waals surface area (Å²) in [6.07, 6.45) is 3.30. The lowest BCUT2D eigenvalue weighted by molar-refractivity contribution is -0.129. The number of hydrogen-bond acceptors (Lipinski definition) is 7. The molecule has 1 fully saturated rings. The summed E-state index contributed by atoms with van der Waals surface area (Å²) in [6.45, 7) is 16.3. The number of rotatable bonds is 5. The van der Waals surface area contributed by atoms with Gasteiger partial charge in [0.05, 0.1) is 57.0 Å². The standard InChI is InChI=1S/C38H41ClFN7O4/c1-9-26(48)45-16-22-12-13-51-36-33(46(22)15-21(45)7)23-14-24(39)28(27-20(6)10-11-25-34(27)44(8)38(50)43-25)29(40)32(23)47(37(36)49)35-30(18(2)3)41-17-42-31(35)19(4)5/h9-11,14,17-19,21-22H,1,12-13,15-16H2,2-8H3,(H,43,50). The third-order valence-corrected chi connectivity index (χ3v) is 10.6. The van der Waals surface area contributed by atoms with E-state index in [-0.39, 0.29) is 64.0 Å². The molecule has 5 heterocycles. The number of nitrogens with zero attached hydrogens (tertiary/aromatic N) is 6. The van der Waals surface area contributed by atoms with Gasteiger partial charge >= 0.3 is 5.69 Å². The number of H-pyrrole nitrogens is 1. The first-order valence-electron chi connectivity index (χ1n) is 17.2. The number of aromatic nitrogens is 5. The van der Waals surface area contributed by atoms with Crippen molar-refractivity contribution in [3.8, 4) is 22.6 Å². The molecule has 7 rings (SSSR count). The van der Waals surface area contributed by atoms with Gasteiger partial charge in [-0.1, -0.05) is 51.9 Å². The van der Waals surface area contributed by atoms with Crippen LogP contribution in [0.15, 0.2) is 46.8 Å². The van der Waals surface area contributed by atoms with E-state index < -0.39 is 11.4 Å². The summed E-state index contributed by atoms with van der Waals surface area (Å²) < 4.78 is 27.3. The van der Waals surface area contributed by atoms with Crippen molar-refractivity contribution in [3.05, 3.63) is 85.8 Å². The molecule has 2 aliphatic rings.